The summed E-state index contributed by atoms with van der Waals surface area (Å²) in [5.74, 6) is -0.594. The largest absolute Gasteiger partial charge is 0.381 e. The Bertz CT molecular complexity index is 929. The Kier molecular flexibility index (Phi) is 5.49. The highest BCUT2D eigenvalue weighted by atomic mass is 35.5. The van der Waals surface area contributed by atoms with E-state index in [4.69, 9.17) is 11.6 Å². The summed E-state index contributed by atoms with van der Waals surface area (Å²) >= 11 is 6.08. The normalized spacial score (nSPS) is 10.4. The molecular weight excluding hydrogens is 353 g/mol. The SMILES string of the molecule is Cc1ccc(NC(=O)c2cc(NCc3ccc(F)cc3)ccn2)cc1Cl. The molecule has 3 aromatic rings. The van der Waals surface area contributed by atoms with Crippen molar-refractivity contribution < 1.29 is 9.18 Å². The number of aryl methyl sites for hydroxylation is 1. The maximum Gasteiger partial charge on any atom is 0.274 e. The Balaban J connectivity index is 1.66. The van der Waals surface area contributed by atoms with E-state index >= 15 is 0 Å². The molecule has 0 spiro atoms. The van der Waals surface area contributed by atoms with Crippen molar-refractivity contribution >= 4 is 28.9 Å². The predicted octanol–water partition coefficient (Wildman–Crippen LogP) is 5.05. The van der Waals surface area contributed by atoms with Gasteiger partial charge in [-0.2, -0.15) is 0 Å². The molecule has 0 radical (unpaired) electrons. The van der Waals surface area contributed by atoms with Gasteiger partial charge in [0.05, 0.1) is 0 Å². The molecule has 0 saturated heterocycles. The van der Waals surface area contributed by atoms with Crippen LogP contribution in [0.15, 0.2) is 60.8 Å². The number of anilines is 2. The second-order valence-electron chi connectivity index (χ2n) is 5.83. The summed E-state index contributed by atoms with van der Waals surface area (Å²) in [6, 6.07) is 15.0. The van der Waals surface area contributed by atoms with Crippen molar-refractivity contribution in [2.45, 2.75) is 13.5 Å². The van der Waals surface area contributed by atoms with Crippen LogP contribution >= 0.6 is 11.6 Å². The van der Waals surface area contributed by atoms with Crippen molar-refractivity contribution in [3.63, 3.8) is 0 Å². The van der Waals surface area contributed by atoms with Crippen LogP contribution < -0.4 is 10.6 Å². The Labute approximate surface area is 156 Å². The number of carbonyl (C=O) groups is 1. The van der Waals surface area contributed by atoms with Crippen molar-refractivity contribution in [1.29, 1.82) is 0 Å². The molecule has 0 bridgehead atoms. The fourth-order valence-corrected chi connectivity index (χ4v) is 2.52. The first-order valence-corrected chi connectivity index (χ1v) is 8.41. The number of amides is 1. The average molecular weight is 370 g/mol. The van der Waals surface area contributed by atoms with Crippen molar-refractivity contribution in [2.24, 2.45) is 0 Å². The number of hydrogen-bond donors (Lipinski definition) is 2. The van der Waals surface area contributed by atoms with Gasteiger partial charge in [-0.25, -0.2) is 4.39 Å². The maximum atomic E-state index is 12.9. The first-order chi connectivity index (χ1) is 12.5. The topological polar surface area (TPSA) is 54.0 Å². The van der Waals surface area contributed by atoms with Crippen LogP contribution in [0.25, 0.3) is 0 Å². The van der Waals surface area contributed by atoms with E-state index in [1.54, 1.807) is 42.6 Å². The molecule has 1 heterocycles. The third-order valence-electron chi connectivity index (χ3n) is 3.83. The molecule has 2 N–H and O–H groups in total. The monoisotopic (exact) mass is 369 g/mol. The molecule has 1 aromatic heterocycles. The predicted molar refractivity (Wildman–Crippen MR) is 102 cm³/mol. The Morgan fingerprint density at radius 2 is 1.85 bits per heavy atom. The van der Waals surface area contributed by atoms with Crippen LogP contribution in [0, 0.1) is 12.7 Å². The molecule has 26 heavy (non-hydrogen) atoms. The van der Waals surface area contributed by atoms with Gasteiger partial charge in [0.1, 0.15) is 11.5 Å². The number of pyridine rings is 1. The molecule has 0 fully saturated rings. The van der Waals surface area contributed by atoms with Gasteiger partial charge in [0.2, 0.25) is 0 Å². The number of carbonyl (C=O) groups excluding carboxylic acids is 1. The van der Waals surface area contributed by atoms with Crippen LogP contribution in [0.1, 0.15) is 21.6 Å². The summed E-state index contributed by atoms with van der Waals surface area (Å²) in [6.45, 7) is 2.41. The second kappa shape index (κ2) is 7.97. The Morgan fingerprint density at radius 1 is 1.08 bits per heavy atom. The molecule has 0 atom stereocenters. The zero-order valence-electron chi connectivity index (χ0n) is 14.1. The van der Waals surface area contributed by atoms with E-state index in [1.807, 2.05) is 13.0 Å². The van der Waals surface area contributed by atoms with Gasteiger partial charge in [-0.3, -0.25) is 9.78 Å². The maximum absolute atomic E-state index is 12.9. The highest BCUT2D eigenvalue weighted by Crippen LogP contribution is 2.20. The van der Waals surface area contributed by atoms with Gasteiger partial charge in [0.15, 0.2) is 0 Å². The molecule has 132 valence electrons. The first kappa shape index (κ1) is 17.9. The van der Waals surface area contributed by atoms with E-state index in [1.165, 1.54) is 12.1 Å². The quantitative estimate of drug-likeness (QED) is 0.662. The van der Waals surface area contributed by atoms with Crippen molar-refractivity contribution in [3.8, 4) is 0 Å². The van der Waals surface area contributed by atoms with Crippen molar-refractivity contribution in [3.05, 3.63) is 88.5 Å². The van der Waals surface area contributed by atoms with Gasteiger partial charge in [-0.15, -0.1) is 0 Å². The van der Waals surface area contributed by atoms with E-state index < -0.39 is 0 Å². The number of nitrogens with one attached hydrogen (secondary N) is 2. The zero-order chi connectivity index (χ0) is 18.5. The minimum atomic E-state index is -0.324. The molecule has 0 aliphatic carbocycles. The van der Waals surface area contributed by atoms with E-state index in [-0.39, 0.29) is 17.4 Å². The number of aromatic nitrogens is 1. The van der Waals surface area contributed by atoms with Crippen LogP contribution in [0.3, 0.4) is 0 Å². The summed E-state index contributed by atoms with van der Waals surface area (Å²) in [6.07, 6.45) is 1.56. The zero-order valence-corrected chi connectivity index (χ0v) is 14.8. The molecule has 1 amide bonds. The van der Waals surface area contributed by atoms with E-state index in [0.717, 1.165) is 16.8 Å². The minimum absolute atomic E-state index is 0.271. The molecule has 4 nitrogen and oxygen atoms in total. The lowest BCUT2D eigenvalue weighted by Gasteiger charge is -2.09. The van der Waals surface area contributed by atoms with Crippen molar-refractivity contribution in [2.75, 3.05) is 10.6 Å². The molecular formula is C20H17ClFN3O. The molecule has 3 rings (SSSR count). The fraction of sp³-hybridized carbons (Fsp3) is 0.100. The summed E-state index contributed by atoms with van der Waals surface area (Å²) in [5.41, 5.74) is 3.51. The van der Waals surface area contributed by atoms with Crippen molar-refractivity contribution in [1.82, 2.24) is 4.98 Å². The average Bonchev–Trinajstić information content (AvgIpc) is 2.64. The van der Waals surface area contributed by atoms with E-state index in [9.17, 15) is 9.18 Å². The first-order valence-electron chi connectivity index (χ1n) is 8.03. The minimum Gasteiger partial charge on any atom is -0.381 e. The van der Waals surface area contributed by atoms with Gasteiger partial charge in [-0.05, 0) is 54.4 Å². The van der Waals surface area contributed by atoms with Gasteiger partial charge in [-0.1, -0.05) is 29.8 Å². The number of hydrogen-bond acceptors (Lipinski definition) is 3. The number of halogens is 2. The number of rotatable bonds is 5. The molecule has 0 aliphatic heterocycles. The highest BCUT2D eigenvalue weighted by Gasteiger charge is 2.09. The van der Waals surface area contributed by atoms with Crippen LogP contribution in [-0.2, 0) is 6.54 Å². The third kappa shape index (κ3) is 4.58. The smallest absolute Gasteiger partial charge is 0.274 e. The summed E-state index contributed by atoms with van der Waals surface area (Å²) < 4.78 is 12.9. The summed E-state index contributed by atoms with van der Waals surface area (Å²) in [5, 5.41) is 6.56. The summed E-state index contributed by atoms with van der Waals surface area (Å²) in [4.78, 5) is 16.5. The van der Waals surface area contributed by atoms with Crippen LogP contribution in [0.2, 0.25) is 5.02 Å². The van der Waals surface area contributed by atoms with Gasteiger partial charge in [0, 0.05) is 29.1 Å². The molecule has 0 unspecified atom stereocenters. The van der Waals surface area contributed by atoms with E-state index in [0.29, 0.717) is 17.3 Å². The Morgan fingerprint density at radius 3 is 2.58 bits per heavy atom. The van der Waals surface area contributed by atoms with Gasteiger partial charge in [0.25, 0.3) is 5.91 Å². The van der Waals surface area contributed by atoms with Gasteiger partial charge < -0.3 is 10.6 Å². The highest BCUT2D eigenvalue weighted by molar-refractivity contribution is 6.31. The standard InChI is InChI=1S/C20H17ClFN3O/c1-13-2-7-17(10-18(13)21)25-20(26)19-11-16(8-9-23-19)24-12-14-3-5-15(22)6-4-14/h2-11H,12H2,1H3,(H,23,24)(H,25,26). The molecule has 2 aromatic carbocycles. The Hall–Kier alpha value is -2.92. The number of nitrogens with zero attached hydrogens (tertiary/aromatic N) is 1. The van der Waals surface area contributed by atoms with Crippen LogP contribution in [-0.4, -0.2) is 10.9 Å². The van der Waals surface area contributed by atoms with Crippen LogP contribution in [0.4, 0.5) is 15.8 Å². The second-order valence-corrected chi connectivity index (χ2v) is 6.24. The lowest BCUT2D eigenvalue weighted by Crippen LogP contribution is -2.14. The van der Waals surface area contributed by atoms with Gasteiger partial charge >= 0.3 is 0 Å². The van der Waals surface area contributed by atoms with Crippen LogP contribution in [0.5, 0.6) is 0 Å². The molecule has 0 saturated carbocycles. The lowest BCUT2D eigenvalue weighted by atomic mass is 10.2. The van der Waals surface area contributed by atoms with E-state index in [2.05, 4.69) is 15.6 Å². The lowest BCUT2D eigenvalue weighted by molar-refractivity contribution is 0.102. The fourth-order valence-electron chi connectivity index (χ4n) is 2.34. The summed E-state index contributed by atoms with van der Waals surface area (Å²) in [7, 11) is 0. The number of benzene rings is 2. The third-order valence-corrected chi connectivity index (χ3v) is 4.24. The molecule has 6 heteroatoms. The molecule has 0 aliphatic rings.